The van der Waals surface area contributed by atoms with E-state index in [2.05, 4.69) is 29.4 Å². The lowest BCUT2D eigenvalue weighted by molar-refractivity contribution is 0.894. The minimum atomic E-state index is 0.950. The van der Waals surface area contributed by atoms with E-state index in [1.165, 1.54) is 12.8 Å². The van der Waals surface area contributed by atoms with Gasteiger partial charge in [-0.2, -0.15) is 0 Å². The average Bonchev–Trinajstić information content (AvgIpc) is 2.63. The first kappa shape index (κ1) is 11.8. The van der Waals surface area contributed by atoms with Crippen molar-refractivity contribution in [3.63, 3.8) is 0 Å². The summed E-state index contributed by atoms with van der Waals surface area (Å²) in [6.07, 6.45) is 3.62. The monoisotopic (exact) mass is 231 g/mol. The largest absolute Gasteiger partial charge is 0.360 e. The first-order chi connectivity index (χ1) is 6.86. The third-order valence-electron chi connectivity index (χ3n) is 1.66. The molecule has 0 saturated carbocycles. The lowest BCUT2D eigenvalue weighted by Gasteiger charge is -1.95. The minimum absolute atomic E-state index is 0.950. The summed E-state index contributed by atoms with van der Waals surface area (Å²) in [5.41, 5.74) is 0. The van der Waals surface area contributed by atoms with Crippen molar-refractivity contribution in [3.05, 3.63) is 0 Å². The number of hydrogen-bond acceptors (Lipinski definition) is 5. The van der Waals surface area contributed by atoms with E-state index < -0.39 is 0 Å². The first-order valence-corrected chi connectivity index (χ1v) is 6.87. The normalized spacial score (nSPS) is 10.4. The summed E-state index contributed by atoms with van der Waals surface area (Å²) in [5.74, 6) is 1.15. The van der Waals surface area contributed by atoms with Crippen LogP contribution >= 0.6 is 23.1 Å². The number of thioether (sulfide) groups is 1. The number of unbranched alkanes of at least 4 members (excludes halogenated alkanes) is 1. The molecule has 0 aliphatic heterocycles. The van der Waals surface area contributed by atoms with Gasteiger partial charge in [0.25, 0.3) is 0 Å². The van der Waals surface area contributed by atoms with Crippen molar-refractivity contribution in [3.8, 4) is 0 Å². The molecule has 0 aliphatic rings. The van der Waals surface area contributed by atoms with Gasteiger partial charge in [-0.25, -0.2) is 0 Å². The fraction of sp³-hybridized carbons (Fsp3) is 0.778. The van der Waals surface area contributed by atoms with Crippen LogP contribution in [-0.2, 0) is 0 Å². The summed E-state index contributed by atoms with van der Waals surface area (Å²) in [6, 6.07) is 0. The van der Waals surface area contributed by atoms with E-state index in [-0.39, 0.29) is 0 Å². The molecule has 14 heavy (non-hydrogen) atoms. The van der Waals surface area contributed by atoms with E-state index in [0.717, 1.165) is 28.2 Å². The van der Waals surface area contributed by atoms with Gasteiger partial charge in [-0.3, -0.25) is 0 Å². The lowest BCUT2D eigenvalue weighted by Crippen LogP contribution is -1.98. The molecule has 1 rings (SSSR count). The smallest absolute Gasteiger partial charge is 0.206 e. The molecular weight excluding hydrogens is 214 g/mol. The fourth-order valence-corrected chi connectivity index (χ4v) is 2.81. The van der Waals surface area contributed by atoms with Crippen molar-refractivity contribution in [1.29, 1.82) is 0 Å². The number of anilines is 1. The second kappa shape index (κ2) is 7.06. The molecule has 0 amide bonds. The van der Waals surface area contributed by atoms with Gasteiger partial charge in [-0.05, 0) is 12.8 Å². The number of rotatable bonds is 7. The van der Waals surface area contributed by atoms with Crippen molar-refractivity contribution in [2.45, 2.75) is 37.4 Å². The van der Waals surface area contributed by atoms with E-state index in [4.69, 9.17) is 0 Å². The van der Waals surface area contributed by atoms with Gasteiger partial charge in [-0.1, -0.05) is 43.4 Å². The minimum Gasteiger partial charge on any atom is -0.360 e. The van der Waals surface area contributed by atoms with Gasteiger partial charge in [0.15, 0.2) is 4.34 Å². The average molecular weight is 231 g/mol. The van der Waals surface area contributed by atoms with Gasteiger partial charge in [0.05, 0.1) is 0 Å². The number of hydrogen-bond donors (Lipinski definition) is 1. The molecule has 80 valence electrons. The Bertz CT molecular complexity index is 250. The van der Waals surface area contributed by atoms with E-state index >= 15 is 0 Å². The van der Waals surface area contributed by atoms with Crippen LogP contribution in [0.3, 0.4) is 0 Å². The Morgan fingerprint density at radius 2 is 2.14 bits per heavy atom. The van der Waals surface area contributed by atoms with Crippen LogP contribution < -0.4 is 5.32 Å². The summed E-state index contributed by atoms with van der Waals surface area (Å²) in [7, 11) is 0. The summed E-state index contributed by atoms with van der Waals surface area (Å²) in [4.78, 5) is 0. The predicted molar refractivity (Wildman–Crippen MR) is 64.3 cm³/mol. The zero-order valence-electron chi connectivity index (χ0n) is 8.75. The topological polar surface area (TPSA) is 37.8 Å². The summed E-state index contributed by atoms with van der Waals surface area (Å²) < 4.78 is 1.08. The van der Waals surface area contributed by atoms with Crippen molar-refractivity contribution in [2.75, 3.05) is 17.6 Å². The van der Waals surface area contributed by atoms with Crippen molar-refractivity contribution in [1.82, 2.24) is 10.2 Å². The molecule has 0 aliphatic carbocycles. The molecule has 0 saturated heterocycles. The number of aromatic nitrogens is 2. The van der Waals surface area contributed by atoms with Crippen LogP contribution in [0.4, 0.5) is 5.13 Å². The van der Waals surface area contributed by atoms with Crippen LogP contribution in [-0.4, -0.2) is 22.5 Å². The molecule has 0 spiro atoms. The number of nitrogens with zero attached hydrogens (tertiary/aromatic N) is 2. The Labute approximate surface area is 93.7 Å². The highest BCUT2D eigenvalue weighted by molar-refractivity contribution is 8.01. The zero-order valence-corrected chi connectivity index (χ0v) is 10.4. The molecule has 1 aromatic heterocycles. The maximum absolute atomic E-state index is 4.11. The van der Waals surface area contributed by atoms with Crippen molar-refractivity contribution >= 4 is 28.2 Å². The van der Waals surface area contributed by atoms with Gasteiger partial charge in [0.1, 0.15) is 0 Å². The molecule has 0 unspecified atom stereocenters. The van der Waals surface area contributed by atoms with Gasteiger partial charge < -0.3 is 5.32 Å². The first-order valence-electron chi connectivity index (χ1n) is 5.07. The van der Waals surface area contributed by atoms with Gasteiger partial charge in [0, 0.05) is 12.3 Å². The predicted octanol–water partition coefficient (Wildman–Crippen LogP) is 3.25. The molecular formula is C9H17N3S2. The second-order valence-electron chi connectivity index (χ2n) is 3.00. The fourth-order valence-electron chi connectivity index (χ4n) is 0.875. The van der Waals surface area contributed by atoms with Crippen LogP contribution in [0.15, 0.2) is 4.34 Å². The number of nitrogens with one attached hydrogen (secondary N) is 1. The van der Waals surface area contributed by atoms with Crippen LogP contribution in [0.2, 0.25) is 0 Å². The van der Waals surface area contributed by atoms with E-state index in [9.17, 15) is 0 Å². The lowest BCUT2D eigenvalue weighted by atomic mass is 10.4. The highest BCUT2D eigenvalue weighted by Crippen LogP contribution is 2.25. The Hall–Kier alpha value is -0.290. The molecule has 0 bridgehead atoms. The summed E-state index contributed by atoms with van der Waals surface area (Å²) >= 11 is 3.46. The summed E-state index contributed by atoms with van der Waals surface area (Å²) in [5, 5.41) is 12.4. The standard InChI is InChI=1S/C9H17N3S2/c1-3-5-7-13-9-12-11-8(14-9)10-6-4-2/h3-7H2,1-2H3,(H,10,11). The molecule has 0 radical (unpaired) electrons. The highest BCUT2D eigenvalue weighted by atomic mass is 32.2. The van der Waals surface area contributed by atoms with Gasteiger partial charge in [-0.15, -0.1) is 10.2 Å². The third kappa shape index (κ3) is 4.28. The Morgan fingerprint density at radius 3 is 2.86 bits per heavy atom. The van der Waals surface area contributed by atoms with Crippen LogP contribution in [0.25, 0.3) is 0 Å². The molecule has 1 N–H and O–H groups in total. The molecule has 1 aromatic rings. The molecule has 3 nitrogen and oxygen atoms in total. The molecule has 1 heterocycles. The highest BCUT2D eigenvalue weighted by Gasteiger charge is 2.02. The molecule has 0 fully saturated rings. The Kier molecular flexibility index (Phi) is 5.94. The quantitative estimate of drug-likeness (QED) is 0.577. The van der Waals surface area contributed by atoms with E-state index in [0.29, 0.717) is 0 Å². The van der Waals surface area contributed by atoms with Crippen molar-refractivity contribution < 1.29 is 0 Å². The molecule has 0 atom stereocenters. The SMILES string of the molecule is CCCCSc1nnc(NCCC)s1. The second-order valence-corrected chi connectivity index (χ2v) is 5.32. The third-order valence-corrected chi connectivity index (χ3v) is 3.76. The summed E-state index contributed by atoms with van der Waals surface area (Å²) in [6.45, 7) is 5.33. The maximum atomic E-state index is 4.11. The Balaban J connectivity index is 2.27. The van der Waals surface area contributed by atoms with E-state index in [1.807, 2.05) is 0 Å². The molecule has 0 aromatic carbocycles. The van der Waals surface area contributed by atoms with E-state index in [1.54, 1.807) is 23.1 Å². The van der Waals surface area contributed by atoms with Crippen molar-refractivity contribution in [2.24, 2.45) is 0 Å². The Morgan fingerprint density at radius 1 is 1.29 bits per heavy atom. The van der Waals surface area contributed by atoms with Crippen LogP contribution in [0.1, 0.15) is 33.1 Å². The van der Waals surface area contributed by atoms with Gasteiger partial charge >= 0.3 is 0 Å². The van der Waals surface area contributed by atoms with Crippen LogP contribution in [0, 0.1) is 0 Å². The molecule has 5 heteroatoms. The zero-order chi connectivity index (χ0) is 10.2. The maximum Gasteiger partial charge on any atom is 0.206 e. The van der Waals surface area contributed by atoms with Crippen LogP contribution in [0.5, 0.6) is 0 Å². The van der Waals surface area contributed by atoms with Gasteiger partial charge in [0.2, 0.25) is 5.13 Å².